The Kier molecular flexibility index (Phi) is 2.40. The van der Waals surface area contributed by atoms with Gasteiger partial charge in [-0.2, -0.15) is 0 Å². The summed E-state index contributed by atoms with van der Waals surface area (Å²) < 4.78 is 5.06. The molecule has 0 spiro atoms. The summed E-state index contributed by atoms with van der Waals surface area (Å²) >= 11 is 0. The van der Waals surface area contributed by atoms with E-state index in [4.69, 9.17) is 10.5 Å². The molecule has 2 heterocycles. The molecular weight excluding hydrogens is 194 g/mol. The van der Waals surface area contributed by atoms with Gasteiger partial charge in [0, 0.05) is 18.5 Å². The molecule has 0 saturated heterocycles. The minimum atomic E-state index is 0.382. The molecule has 2 aromatic rings. The van der Waals surface area contributed by atoms with Gasteiger partial charge in [-0.1, -0.05) is 0 Å². The summed E-state index contributed by atoms with van der Waals surface area (Å²) in [6.45, 7) is 0. The second kappa shape index (κ2) is 3.87. The van der Waals surface area contributed by atoms with Gasteiger partial charge in [-0.25, -0.2) is 19.9 Å². The van der Waals surface area contributed by atoms with Gasteiger partial charge in [0.1, 0.15) is 12.1 Å². The fraction of sp³-hybridized carbons (Fsp3) is 0.111. The van der Waals surface area contributed by atoms with E-state index in [0.717, 1.165) is 0 Å². The lowest BCUT2D eigenvalue weighted by molar-refractivity contribution is 0.397. The number of hydrogen-bond donors (Lipinski definition) is 1. The van der Waals surface area contributed by atoms with E-state index in [1.165, 1.54) is 13.4 Å². The molecule has 0 saturated carbocycles. The molecule has 6 nitrogen and oxygen atoms in total. The summed E-state index contributed by atoms with van der Waals surface area (Å²) in [6, 6.07) is 1.62. The Hall–Kier alpha value is -2.24. The average Bonchev–Trinajstić information content (AvgIpc) is 2.29. The second-order valence-corrected chi connectivity index (χ2v) is 2.74. The first-order valence-corrected chi connectivity index (χ1v) is 4.24. The minimum absolute atomic E-state index is 0.382. The average molecular weight is 203 g/mol. The Bertz CT molecular complexity index is 474. The Morgan fingerprint density at radius 2 is 1.93 bits per heavy atom. The van der Waals surface area contributed by atoms with Crippen LogP contribution in [-0.4, -0.2) is 27.0 Å². The van der Waals surface area contributed by atoms with Crippen molar-refractivity contribution in [2.75, 3.05) is 12.8 Å². The molecule has 6 heteroatoms. The highest BCUT2D eigenvalue weighted by molar-refractivity contribution is 5.61. The smallest absolute Gasteiger partial charge is 0.241 e. The molecule has 76 valence electrons. The highest BCUT2D eigenvalue weighted by Crippen LogP contribution is 2.23. The van der Waals surface area contributed by atoms with Gasteiger partial charge >= 0.3 is 0 Å². The summed E-state index contributed by atoms with van der Waals surface area (Å²) in [7, 11) is 1.53. The van der Waals surface area contributed by atoms with Crippen molar-refractivity contribution in [1.82, 2.24) is 19.9 Å². The van der Waals surface area contributed by atoms with Crippen molar-refractivity contribution in [3.63, 3.8) is 0 Å². The Labute approximate surface area is 86.2 Å². The fourth-order valence-corrected chi connectivity index (χ4v) is 1.15. The van der Waals surface area contributed by atoms with Crippen molar-refractivity contribution in [3.05, 3.63) is 24.8 Å². The molecule has 0 amide bonds. The number of aromatic nitrogens is 4. The fourth-order valence-electron chi connectivity index (χ4n) is 1.15. The normalized spacial score (nSPS) is 9.93. The lowest BCUT2D eigenvalue weighted by Gasteiger charge is -2.04. The third-order valence-corrected chi connectivity index (χ3v) is 1.79. The van der Waals surface area contributed by atoms with E-state index in [1.54, 1.807) is 18.5 Å². The van der Waals surface area contributed by atoms with Crippen LogP contribution in [0, 0.1) is 0 Å². The van der Waals surface area contributed by atoms with Crippen molar-refractivity contribution in [2.45, 2.75) is 0 Å². The highest BCUT2D eigenvalue weighted by Gasteiger charge is 2.09. The number of anilines is 1. The molecule has 0 aliphatic heterocycles. The number of nitrogens with zero attached hydrogens (tertiary/aromatic N) is 4. The Balaban J connectivity index is 2.53. The molecule has 0 aromatic carbocycles. The van der Waals surface area contributed by atoms with Gasteiger partial charge in [0.05, 0.1) is 12.8 Å². The molecule has 0 unspecified atom stereocenters. The molecular formula is C9H9N5O. The van der Waals surface area contributed by atoms with Gasteiger partial charge in [-0.15, -0.1) is 0 Å². The topological polar surface area (TPSA) is 86.8 Å². The van der Waals surface area contributed by atoms with Crippen LogP contribution in [0.15, 0.2) is 24.8 Å². The maximum absolute atomic E-state index is 5.55. The van der Waals surface area contributed by atoms with Crippen molar-refractivity contribution in [3.8, 4) is 17.3 Å². The van der Waals surface area contributed by atoms with E-state index in [-0.39, 0.29) is 0 Å². The number of hydrogen-bond acceptors (Lipinski definition) is 6. The van der Waals surface area contributed by atoms with E-state index in [9.17, 15) is 0 Å². The SMILES string of the molecule is COc1nccnc1-c1cc(N)ncn1. The predicted molar refractivity (Wildman–Crippen MR) is 54.0 cm³/mol. The minimum Gasteiger partial charge on any atom is -0.479 e. The molecule has 0 aliphatic rings. The number of nitrogens with two attached hydrogens (primary N) is 1. The monoisotopic (exact) mass is 203 g/mol. The van der Waals surface area contributed by atoms with Gasteiger partial charge in [-0.05, 0) is 0 Å². The number of rotatable bonds is 2. The third-order valence-electron chi connectivity index (χ3n) is 1.79. The highest BCUT2D eigenvalue weighted by atomic mass is 16.5. The van der Waals surface area contributed by atoms with E-state index in [2.05, 4.69) is 19.9 Å². The van der Waals surface area contributed by atoms with Crippen LogP contribution in [0.5, 0.6) is 5.88 Å². The van der Waals surface area contributed by atoms with Gasteiger partial charge < -0.3 is 10.5 Å². The molecule has 0 atom stereocenters. The number of ether oxygens (including phenoxy) is 1. The summed E-state index contributed by atoms with van der Waals surface area (Å²) in [5.41, 5.74) is 6.69. The summed E-state index contributed by atoms with van der Waals surface area (Å²) in [5, 5.41) is 0. The zero-order chi connectivity index (χ0) is 10.7. The van der Waals surface area contributed by atoms with Crippen molar-refractivity contribution in [1.29, 1.82) is 0 Å². The standard InChI is InChI=1S/C9H9N5O/c1-15-9-8(11-2-3-12-9)6-4-7(10)14-5-13-6/h2-5H,1H3,(H2,10,13,14). The molecule has 2 rings (SSSR count). The van der Waals surface area contributed by atoms with Crippen molar-refractivity contribution < 1.29 is 4.74 Å². The number of methoxy groups -OCH3 is 1. The van der Waals surface area contributed by atoms with Crippen LogP contribution in [0.3, 0.4) is 0 Å². The molecule has 0 radical (unpaired) electrons. The van der Waals surface area contributed by atoms with Crippen LogP contribution in [0.25, 0.3) is 11.4 Å². The van der Waals surface area contributed by atoms with Crippen LogP contribution in [0.1, 0.15) is 0 Å². The number of nitrogen functional groups attached to an aromatic ring is 1. The molecule has 15 heavy (non-hydrogen) atoms. The van der Waals surface area contributed by atoms with E-state index >= 15 is 0 Å². The second-order valence-electron chi connectivity index (χ2n) is 2.74. The largest absolute Gasteiger partial charge is 0.479 e. The first kappa shape index (κ1) is 9.32. The first-order chi connectivity index (χ1) is 7.31. The maximum Gasteiger partial charge on any atom is 0.241 e. The Morgan fingerprint density at radius 3 is 2.67 bits per heavy atom. The molecule has 0 bridgehead atoms. The summed E-state index contributed by atoms with van der Waals surface area (Å²) in [5.74, 6) is 0.795. The van der Waals surface area contributed by atoms with E-state index in [0.29, 0.717) is 23.1 Å². The van der Waals surface area contributed by atoms with Crippen molar-refractivity contribution in [2.24, 2.45) is 0 Å². The van der Waals surface area contributed by atoms with Gasteiger partial charge in [-0.3, -0.25) is 0 Å². The van der Waals surface area contributed by atoms with Crippen LogP contribution < -0.4 is 10.5 Å². The van der Waals surface area contributed by atoms with Crippen LogP contribution in [0.4, 0.5) is 5.82 Å². The zero-order valence-corrected chi connectivity index (χ0v) is 8.08. The quantitative estimate of drug-likeness (QED) is 0.765. The summed E-state index contributed by atoms with van der Waals surface area (Å²) in [6.07, 6.45) is 4.49. The van der Waals surface area contributed by atoms with E-state index in [1.807, 2.05) is 0 Å². The molecule has 2 N–H and O–H groups in total. The third kappa shape index (κ3) is 1.83. The maximum atomic E-state index is 5.55. The lowest BCUT2D eigenvalue weighted by atomic mass is 10.3. The summed E-state index contributed by atoms with van der Waals surface area (Å²) in [4.78, 5) is 16.0. The lowest BCUT2D eigenvalue weighted by Crippen LogP contribution is -1.97. The van der Waals surface area contributed by atoms with Crippen molar-refractivity contribution >= 4 is 5.82 Å². The van der Waals surface area contributed by atoms with E-state index < -0.39 is 0 Å². The van der Waals surface area contributed by atoms with Crippen LogP contribution in [-0.2, 0) is 0 Å². The molecule has 0 fully saturated rings. The first-order valence-electron chi connectivity index (χ1n) is 4.24. The zero-order valence-electron chi connectivity index (χ0n) is 8.08. The van der Waals surface area contributed by atoms with Gasteiger partial charge in [0.2, 0.25) is 5.88 Å². The van der Waals surface area contributed by atoms with Crippen LogP contribution in [0.2, 0.25) is 0 Å². The van der Waals surface area contributed by atoms with Gasteiger partial charge in [0.15, 0.2) is 5.69 Å². The molecule has 2 aromatic heterocycles. The Morgan fingerprint density at radius 1 is 1.13 bits per heavy atom. The molecule has 0 aliphatic carbocycles. The van der Waals surface area contributed by atoms with Crippen LogP contribution >= 0.6 is 0 Å². The predicted octanol–water partition coefficient (Wildman–Crippen LogP) is 0.524. The van der Waals surface area contributed by atoms with Gasteiger partial charge in [0.25, 0.3) is 0 Å².